The average Bonchev–Trinajstić information content (AvgIpc) is 3.28. The number of aromatic amines is 1. The quantitative estimate of drug-likeness (QED) is 0.239. The summed E-state index contributed by atoms with van der Waals surface area (Å²) in [5, 5.41) is 28.0. The van der Waals surface area contributed by atoms with Gasteiger partial charge in [-0.1, -0.05) is 32.9 Å². The van der Waals surface area contributed by atoms with Crippen LogP contribution in [0.15, 0.2) is 18.2 Å². The Kier molecular flexibility index (Phi) is 8.53. The van der Waals surface area contributed by atoms with Crippen LogP contribution < -0.4 is 0 Å². The van der Waals surface area contributed by atoms with Gasteiger partial charge in [0.05, 0.1) is 30.6 Å². The first-order valence-electron chi connectivity index (χ1n) is 11.6. The van der Waals surface area contributed by atoms with Gasteiger partial charge in [-0.05, 0) is 37.5 Å². The molecule has 0 radical (unpaired) electrons. The van der Waals surface area contributed by atoms with Crippen LogP contribution in [0, 0.1) is 52.0 Å². The minimum Gasteiger partial charge on any atom is -0.461 e. The van der Waals surface area contributed by atoms with Crippen molar-refractivity contribution in [2.45, 2.75) is 52.6 Å². The lowest BCUT2D eigenvalue weighted by atomic mass is 9.75. The summed E-state index contributed by atoms with van der Waals surface area (Å²) in [6, 6.07) is 6.72. The van der Waals surface area contributed by atoms with Crippen molar-refractivity contribution in [1.29, 1.82) is 5.26 Å². The number of nitrogens with one attached hydrogen (secondary N) is 1. The summed E-state index contributed by atoms with van der Waals surface area (Å²) in [5.41, 5.74) is 0.840. The van der Waals surface area contributed by atoms with E-state index in [0.717, 1.165) is 12.8 Å². The molecule has 4 atom stereocenters. The maximum absolute atomic E-state index is 13.4. The number of ether oxygens (including phenoxy) is 1. The Hall–Kier alpha value is -3.36. The Morgan fingerprint density at radius 2 is 2.00 bits per heavy atom. The molecule has 1 N–H and O–H groups in total. The number of benzene rings is 1. The summed E-state index contributed by atoms with van der Waals surface area (Å²) in [6.45, 7) is 7.76. The van der Waals surface area contributed by atoms with Gasteiger partial charge in [0.2, 0.25) is 0 Å². The summed E-state index contributed by atoms with van der Waals surface area (Å²) in [7, 11) is 1.31. The number of nitro benzene ring substituents is 1. The van der Waals surface area contributed by atoms with Gasteiger partial charge in [-0.2, -0.15) is 10.4 Å². The van der Waals surface area contributed by atoms with Crippen LogP contribution >= 0.6 is 0 Å². The molecule has 1 aromatic carbocycles. The summed E-state index contributed by atoms with van der Waals surface area (Å²) in [4.78, 5) is 38.3. The Morgan fingerprint density at radius 3 is 2.60 bits per heavy atom. The summed E-state index contributed by atoms with van der Waals surface area (Å²) in [5.74, 6) is -1.52. The highest BCUT2D eigenvalue weighted by atomic mass is 17.2. The summed E-state index contributed by atoms with van der Waals surface area (Å²) >= 11 is 0. The zero-order valence-electron chi connectivity index (χ0n) is 20.6. The molecule has 2 aromatic rings. The Morgan fingerprint density at radius 1 is 1.31 bits per heavy atom. The maximum atomic E-state index is 13.4. The smallest absolute Gasteiger partial charge is 0.318 e. The zero-order chi connectivity index (χ0) is 25.7. The average molecular weight is 486 g/mol. The lowest BCUT2D eigenvalue weighted by Gasteiger charge is -2.38. The van der Waals surface area contributed by atoms with E-state index in [4.69, 9.17) is 9.62 Å². The highest BCUT2D eigenvalue weighted by Gasteiger charge is 2.40. The van der Waals surface area contributed by atoms with Gasteiger partial charge in [-0.25, -0.2) is 14.8 Å². The molecule has 1 saturated carbocycles. The van der Waals surface area contributed by atoms with E-state index in [2.05, 4.69) is 46.9 Å². The molecule has 3 rings (SSSR count). The van der Waals surface area contributed by atoms with Crippen LogP contribution in [-0.2, 0) is 19.3 Å². The molecule has 4 unspecified atom stereocenters. The van der Waals surface area contributed by atoms with Gasteiger partial charge in [-0.15, -0.1) is 0 Å². The fraction of sp³-hybridized carbons (Fsp3) is 0.583. The SMILES string of the molecule is COOCC(C#N)C(C(=O)OC1C(C)CC(C)CC1C)c1nc(-c2ccc(C)c([N+](=O)[O-])c2)n[nH]1. The second-order valence-electron chi connectivity index (χ2n) is 9.40. The Balaban J connectivity index is 1.93. The molecule has 0 aliphatic heterocycles. The number of nitriles is 1. The van der Waals surface area contributed by atoms with Crippen molar-refractivity contribution in [3.63, 3.8) is 0 Å². The van der Waals surface area contributed by atoms with E-state index in [9.17, 15) is 20.2 Å². The number of esters is 1. The van der Waals surface area contributed by atoms with Crippen LogP contribution in [-0.4, -0.2) is 45.9 Å². The largest absolute Gasteiger partial charge is 0.461 e. The van der Waals surface area contributed by atoms with E-state index in [-0.39, 0.29) is 41.9 Å². The second-order valence-corrected chi connectivity index (χ2v) is 9.40. The van der Waals surface area contributed by atoms with Gasteiger partial charge in [0, 0.05) is 17.2 Å². The highest BCUT2D eigenvalue weighted by Crippen LogP contribution is 2.37. The van der Waals surface area contributed by atoms with E-state index in [1.807, 2.05) is 0 Å². The maximum Gasteiger partial charge on any atom is 0.318 e. The molecular weight excluding hydrogens is 454 g/mol. The van der Waals surface area contributed by atoms with Crippen LogP contribution in [0.25, 0.3) is 11.4 Å². The molecule has 11 heteroatoms. The molecule has 0 saturated heterocycles. The summed E-state index contributed by atoms with van der Waals surface area (Å²) in [6.07, 6.45) is 1.60. The van der Waals surface area contributed by atoms with Crippen molar-refractivity contribution >= 4 is 11.7 Å². The van der Waals surface area contributed by atoms with Gasteiger partial charge >= 0.3 is 5.97 Å². The minimum atomic E-state index is -1.12. The lowest BCUT2D eigenvalue weighted by molar-refractivity contribution is -0.385. The summed E-state index contributed by atoms with van der Waals surface area (Å²) < 4.78 is 5.96. The first-order valence-corrected chi connectivity index (χ1v) is 11.6. The molecule has 35 heavy (non-hydrogen) atoms. The van der Waals surface area contributed by atoms with Crippen molar-refractivity contribution < 1.29 is 24.2 Å². The number of rotatable bonds is 9. The number of nitro groups is 1. The Bertz CT molecular complexity index is 1080. The molecule has 0 amide bonds. The van der Waals surface area contributed by atoms with Gasteiger partial charge in [0.1, 0.15) is 17.8 Å². The Labute approximate surface area is 203 Å². The topological polar surface area (TPSA) is 153 Å². The molecule has 0 spiro atoms. The van der Waals surface area contributed by atoms with Crippen molar-refractivity contribution in [1.82, 2.24) is 15.2 Å². The van der Waals surface area contributed by atoms with Gasteiger partial charge < -0.3 is 4.74 Å². The van der Waals surface area contributed by atoms with Gasteiger partial charge in [-0.3, -0.25) is 20.0 Å². The van der Waals surface area contributed by atoms with E-state index < -0.39 is 22.7 Å². The molecule has 1 fully saturated rings. The van der Waals surface area contributed by atoms with Crippen LogP contribution in [0.1, 0.15) is 50.9 Å². The van der Waals surface area contributed by atoms with Crippen molar-refractivity contribution in [2.24, 2.45) is 23.7 Å². The van der Waals surface area contributed by atoms with Gasteiger partial charge in [0.15, 0.2) is 5.82 Å². The fourth-order valence-electron chi connectivity index (χ4n) is 4.94. The van der Waals surface area contributed by atoms with Crippen molar-refractivity contribution in [2.75, 3.05) is 13.7 Å². The van der Waals surface area contributed by atoms with Crippen molar-refractivity contribution in [3.05, 3.63) is 39.7 Å². The minimum absolute atomic E-state index is 0.0669. The third-order valence-electron chi connectivity index (χ3n) is 6.57. The van der Waals surface area contributed by atoms with E-state index in [0.29, 0.717) is 17.0 Å². The number of aryl methyl sites for hydroxylation is 1. The highest BCUT2D eigenvalue weighted by molar-refractivity contribution is 5.78. The predicted octanol–water partition coefficient (Wildman–Crippen LogP) is 4.10. The number of aromatic nitrogens is 3. The number of carbonyl (C=O) groups is 1. The molecule has 0 bridgehead atoms. The van der Waals surface area contributed by atoms with E-state index >= 15 is 0 Å². The van der Waals surface area contributed by atoms with E-state index in [1.54, 1.807) is 19.1 Å². The number of hydrogen-bond donors (Lipinski definition) is 1. The number of carbonyl (C=O) groups excluding carboxylic acids is 1. The second kappa shape index (κ2) is 11.4. The monoisotopic (exact) mass is 485 g/mol. The lowest BCUT2D eigenvalue weighted by Crippen LogP contribution is -2.40. The van der Waals surface area contributed by atoms with Gasteiger partial charge in [0.25, 0.3) is 5.69 Å². The molecule has 1 aliphatic rings. The van der Waals surface area contributed by atoms with Crippen LogP contribution in [0.5, 0.6) is 0 Å². The normalized spacial score (nSPS) is 23.8. The number of H-pyrrole nitrogens is 1. The third kappa shape index (κ3) is 6.01. The molecular formula is C24H31N5O6. The molecule has 11 nitrogen and oxygen atoms in total. The number of nitrogens with zero attached hydrogens (tertiary/aromatic N) is 4. The standard InChI is InChI=1S/C24H31N5O6/c1-13-8-15(3)21(16(4)9-13)35-24(30)20(18(11-25)12-34-33-5)23-26-22(27-28-23)17-7-6-14(2)19(10-17)29(31)32/h6-7,10,13,15-16,18,20-21H,8-9,12H2,1-5H3,(H,26,27,28). The first kappa shape index (κ1) is 26.2. The van der Waals surface area contributed by atoms with Crippen LogP contribution in [0.2, 0.25) is 0 Å². The van der Waals surface area contributed by atoms with Crippen molar-refractivity contribution in [3.8, 4) is 17.5 Å². The molecule has 1 aromatic heterocycles. The molecule has 188 valence electrons. The first-order chi connectivity index (χ1) is 16.7. The van der Waals surface area contributed by atoms with Crippen LogP contribution in [0.4, 0.5) is 5.69 Å². The number of hydrogen-bond acceptors (Lipinski definition) is 9. The predicted molar refractivity (Wildman–Crippen MR) is 125 cm³/mol. The molecule has 1 heterocycles. The third-order valence-corrected chi connectivity index (χ3v) is 6.57. The zero-order valence-corrected chi connectivity index (χ0v) is 20.6. The molecule has 1 aliphatic carbocycles. The fourth-order valence-corrected chi connectivity index (χ4v) is 4.94. The van der Waals surface area contributed by atoms with E-state index in [1.165, 1.54) is 13.2 Å². The van der Waals surface area contributed by atoms with Crippen LogP contribution in [0.3, 0.4) is 0 Å².